The van der Waals surface area contributed by atoms with Crippen LogP contribution < -0.4 is 11.1 Å². The summed E-state index contributed by atoms with van der Waals surface area (Å²) >= 11 is 0. The third-order valence-electron chi connectivity index (χ3n) is 4.15. The zero-order valence-electron chi connectivity index (χ0n) is 11.0. The largest absolute Gasteiger partial charge is 0.396 e. The Morgan fingerprint density at radius 1 is 1.47 bits per heavy atom. The molecule has 0 aliphatic heterocycles. The molecule has 1 aliphatic carbocycles. The van der Waals surface area contributed by atoms with Gasteiger partial charge in [-0.25, -0.2) is 0 Å². The third kappa shape index (κ3) is 3.96. The van der Waals surface area contributed by atoms with E-state index >= 15 is 0 Å². The molecule has 0 aromatic rings. The first-order valence-electron chi connectivity index (χ1n) is 6.74. The minimum absolute atomic E-state index is 0.0528. The highest BCUT2D eigenvalue weighted by atomic mass is 16.3. The van der Waals surface area contributed by atoms with Gasteiger partial charge in [-0.15, -0.1) is 0 Å². The van der Waals surface area contributed by atoms with Crippen LogP contribution in [0.1, 0.15) is 39.5 Å². The van der Waals surface area contributed by atoms with Crippen LogP contribution in [-0.2, 0) is 4.79 Å². The van der Waals surface area contributed by atoms with Crippen LogP contribution in [0, 0.1) is 17.8 Å². The average Bonchev–Trinajstić information content (AvgIpc) is 2.81. The highest BCUT2D eigenvalue weighted by molar-refractivity contribution is 5.81. The Morgan fingerprint density at radius 3 is 2.71 bits per heavy atom. The summed E-state index contributed by atoms with van der Waals surface area (Å²) in [6.07, 6.45) is 4.25. The lowest BCUT2D eigenvalue weighted by atomic mass is 9.96. The Bertz CT molecular complexity index is 246. The first-order chi connectivity index (χ1) is 8.10. The molecule has 0 aromatic heterocycles. The van der Waals surface area contributed by atoms with Gasteiger partial charge in [0.05, 0.1) is 6.04 Å². The van der Waals surface area contributed by atoms with Gasteiger partial charge in [0.1, 0.15) is 0 Å². The van der Waals surface area contributed by atoms with Crippen LogP contribution in [0.4, 0.5) is 0 Å². The van der Waals surface area contributed by atoms with E-state index in [4.69, 9.17) is 5.73 Å². The van der Waals surface area contributed by atoms with Gasteiger partial charge >= 0.3 is 0 Å². The van der Waals surface area contributed by atoms with Crippen LogP contribution in [0.3, 0.4) is 0 Å². The van der Waals surface area contributed by atoms with Crippen molar-refractivity contribution in [1.82, 2.24) is 5.32 Å². The number of aliphatic hydroxyl groups is 1. The quantitative estimate of drug-likeness (QED) is 0.647. The maximum Gasteiger partial charge on any atom is 0.237 e. The minimum atomic E-state index is -0.408. The number of hydrogen-bond acceptors (Lipinski definition) is 3. The first-order valence-corrected chi connectivity index (χ1v) is 6.74. The van der Waals surface area contributed by atoms with Crippen LogP contribution in [0.25, 0.3) is 0 Å². The van der Waals surface area contributed by atoms with E-state index in [2.05, 4.69) is 5.32 Å². The van der Waals surface area contributed by atoms with Gasteiger partial charge in [0.2, 0.25) is 5.91 Å². The molecule has 1 rings (SSSR count). The predicted octanol–water partition coefficient (Wildman–Crippen LogP) is 0.885. The smallest absolute Gasteiger partial charge is 0.237 e. The summed E-state index contributed by atoms with van der Waals surface area (Å²) in [7, 11) is 0. The molecule has 1 aliphatic rings. The summed E-state index contributed by atoms with van der Waals surface area (Å²) in [5, 5.41) is 12.1. The van der Waals surface area contributed by atoms with Crippen LogP contribution in [0.2, 0.25) is 0 Å². The summed E-state index contributed by atoms with van der Waals surface area (Å²) in [4.78, 5) is 11.8. The van der Waals surface area contributed by atoms with Crippen LogP contribution in [0.5, 0.6) is 0 Å². The maximum atomic E-state index is 11.8. The number of carbonyl (C=O) groups is 1. The molecule has 1 fully saturated rings. The molecule has 1 saturated carbocycles. The number of amides is 1. The lowest BCUT2D eigenvalue weighted by Crippen LogP contribution is -2.46. The van der Waals surface area contributed by atoms with Gasteiger partial charge in [0.25, 0.3) is 0 Å². The molecule has 0 aromatic carbocycles. The van der Waals surface area contributed by atoms with Crippen molar-refractivity contribution in [3.05, 3.63) is 0 Å². The van der Waals surface area contributed by atoms with E-state index in [1.54, 1.807) is 0 Å². The number of hydrogen-bond donors (Lipinski definition) is 3. The Labute approximate surface area is 104 Å². The number of rotatable bonds is 6. The zero-order chi connectivity index (χ0) is 12.8. The normalized spacial score (nSPS) is 27.8. The van der Waals surface area contributed by atoms with Crippen LogP contribution in [-0.4, -0.2) is 30.2 Å². The number of aliphatic hydroxyl groups excluding tert-OH is 1. The molecule has 4 atom stereocenters. The molecule has 4 nitrogen and oxygen atoms in total. The van der Waals surface area contributed by atoms with Crippen LogP contribution in [0.15, 0.2) is 0 Å². The van der Waals surface area contributed by atoms with Gasteiger partial charge in [-0.3, -0.25) is 4.79 Å². The lowest BCUT2D eigenvalue weighted by Gasteiger charge is -2.21. The Balaban J connectivity index is 2.32. The van der Waals surface area contributed by atoms with Crippen molar-refractivity contribution >= 4 is 5.91 Å². The van der Waals surface area contributed by atoms with E-state index in [0.29, 0.717) is 18.4 Å². The van der Waals surface area contributed by atoms with Crippen molar-refractivity contribution < 1.29 is 9.90 Å². The van der Waals surface area contributed by atoms with Gasteiger partial charge in [0, 0.05) is 13.2 Å². The van der Waals surface area contributed by atoms with Gasteiger partial charge < -0.3 is 16.2 Å². The summed E-state index contributed by atoms with van der Waals surface area (Å²) in [5.41, 5.74) is 5.86. The molecule has 0 bridgehead atoms. The molecular weight excluding hydrogens is 216 g/mol. The van der Waals surface area contributed by atoms with E-state index < -0.39 is 6.04 Å². The van der Waals surface area contributed by atoms with E-state index in [0.717, 1.165) is 25.7 Å². The molecule has 2 unspecified atom stereocenters. The molecule has 0 heterocycles. The van der Waals surface area contributed by atoms with Crippen molar-refractivity contribution in [3.63, 3.8) is 0 Å². The van der Waals surface area contributed by atoms with Gasteiger partial charge in [0.15, 0.2) is 0 Å². The zero-order valence-corrected chi connectivity index (χ0v) is 11.0. The molecule has 100 valence electrons. The molecule has 17 heavy (non-hydrogen) atoms. The summed E-state index contributed by atoms with van der Waals surface area (Å²) in [5.74, 6) is 0.943. The fourth-order valence-corrected chi connectivity index (χ4v) is 2.48. The van der Waals surface area contributed by atoms with Crippen molar-refractivity contribution in [1.29, 1.82) is 0 Å². The van der Waals surface area contributed by atoms with Crippen molar-refractivity contribution in [2.75, 3.05) is 13.2 Å². The number of nitrogens with two attached hydrogens (primary N) is 1. The molecule has 0 spiro atoms. The third-order valence-corrected chi connectivity index (χ3v) is 4.15. The topological polar surface area (TPSA) is 75.4 Å². The Hall–Kier alpha value is -0.610. The summed E-state index contributed by atoms with van der Waals surface area (Å²) in [6, 6.07) is -0.408. The van der Waals surface area contributed by atoms with Gasteiger partial charge in [-0.2, -0.15) is 0 Å². The summed E-state index contributed by atoms with van der Waals surface area (Å²) < 4.78 is 0. The standard InChI is InChI=1S/C13H26N2O2/c1-3-9(2)12(14)13(17)15-7-10-5-4-6-11(10)8-16/h9-12,16H,3-8,14H2,1-2H3,(H,15,17)/t9-,10?,11?,12-/m0/s1. The molecular formula is C13H26N2O2. The second-order valence-corrected chi connectivity index (χ2v) is 5.29. The SMILES string of the molecule is CC[C@H](C)[C@H](N)C(=O)NCC1CCCC1CO. The highest BCUT2D eigenvalue weighted by Gasteiger charge is 2.27. The second-order valence-electron chi connectivity index (χ2n) is 5.29. The Morgan fingerprint density at radius 2 is 2.12 bits per heavy atom. The predicted molar refractivity (Wildman–Crippen MR) is 68.4 cm³/mol. The Kier molecular flexibility index (Phi) is 5.92. The molecule has 0 radical (unpaired) electrons. The fourth-order valence-electron chi connectivity index (χ4n) is 2.48. The van der Waals surface area contributed by atoms with E-state index in [1.807, 2.05) is 13.8 Å². The second kappa shape index (κ2) is 6.97. The lowest BCUT2D eigenvalue weighted by molar-refractivity contribution is -0.123. The number of nitrogens with one attached hydrogen (secondary N) is 1. The first kappa shape index (κ1) is 14.5. The maximum absolute atomic E-state index is 11.8. The van der Waals surface area contributed by atoms with E-state index in [9.17, 15) is 9.90 Å². The van der Waals surface area contributed by atoms with E-state index in [1.165, 1.54) is 0 Å². The van der Waals surface area contributed by atoms with Crippen molar-refractivity contribution in [3.8, 4) is 0 Å². The highest BCUT2D eigenvalue weighted by Crippen LogP contribution is 2.30. The molecule has 4 heteroatoms. The van der Waals surface area contributed by atoms with Gasteiger partial charge in [-0.1, -0.05) is 26.7 Å². The average molecular weight is 242 g/mol. The number of carbonyl (C=O) groups excluding carboxylic acids is 1. The van der Waals surface area contributed by atoms with Gasteiger partial charge in [-0.05, 0) is 30.6 Å². The fraction of sp³-hybridized carbons (Fsp3) is 0.923. The van der Waals surface area contributed by atoms with Crippen molar-refractivity contribution in [2.45, 2.75) is 45.6 Å². The van der Waals surface area contributed by atoms with Crippen LogP contribution >= 0.6 is 0 Å². The molecule has 0 saturated heterocycles. The van der Waals surface area contributed by atoms with Crippen molar-refractivity contribution in [2.24, 2.45) is 23.5 Å². The summed E-state index contributed by atoms with van der Waals surface area (Å²) in [6.45, 7) is 4.93. The molecule has 1 amide bonds. The van der Waals surface area contributed by atoms with E-state index in [-0.39, 0.29) is 18.4 Å². The molecule has 4 N–H and O–H groups in total. The monoisotopic (exact) mass is 242 g/mol. The minimum Gasteiger partial charge on any atom is -0.396 e.